The third-order valence-corrected chi connectivity index (χ3v) is 2.32. The molecule has 1 rings (SSSR count). The second-order valence-corrected chi connectivity index (χ2v) is 4.07. The van der Waals surface area contributed by atoms with Gasteiger partial charge in [0.25, 0.3) is 5.69 Å². The molecule has 20 heavy (non-hydrogen) atoms. The molecule has 0 heterocycles. The standard InChI is InChI=1S/C9H7F3N2O5S/c1-5(15)13-7-3-2-6(4-8(7)14(16)17)20-19-18-9(10,11)12/h2-4H,1H3,(H,13,15). The molecular formula is C9H7F3N2O5S. The van der Waals surface area contributed by atoms with Gasteiger partial charge in [-0.05, 0) is 12.1 Å². The summed E-state index contributed by atoms with van der Waals surface area (Å²) in [6.45, 7) is 1.16. The van der Waals surface area contributed by atoms with E-state index in [9.17, 15) is 28.1 Å². The van der Waals surface area contributed by atoms with Crippen molar-refractivity contribution >= 4 is 29.3 Å². The van der Waals surface area contributed by atoms with Gasteiger partial charge in [0.05, 0.1) is 17.0 Å². The summed E-state index contributed by atoms with van der Waals surface area (Å²) in [7, 11) is 0. The first-order valence-electron chi connectivity index (χ1n) is 4.84. The van der Waals surface area contributed by atoms with Gasteiger partial charge in [-0.1, -0.05) is 0 Å². The van der Waals surface area contributed by atoms with E-state index in [0.717, 1.165) is 13.0 Å². The predicted molar refractivity (Wildman–Crippen MR) is 61.5 cm³/mol. The Balaban J connectivity index is 2.82. The number of nitrogens with zero attached hydrogens (tertiary/aromatic N) is 1. The molecule has 11 heteroatoms. The normalized spacial score (nSPS) is 11.2. The molecule has 0 unspecified atom stereocenters. The second kappa shape index (κ2) is 6.54. The molecule has 0 aliphatic rings. The Kier molecular flexibility index (Phi) is 5.30. The van der Waals surface area contributed by atoms with Crippen LogP contribution in [0.2, 0.25) is 0 Å². The first kappa shape index (κ1) is 16.2. The summed E-state index contributed by atoms with van der Waals surface area (Å²) in [5.41, 5.74) is -0.565. The zero-order valence-corrected chi connectivity index (χ0v) is 10.6. The zero-order valence-electron chi connectivity index (χ0n) is 9.76. The highest BCUT2D eigenvalue weighted by Crippen LogP contribution is 2.32. The van der Waals surface area contributed by atoms with E-state index in [1.807, 2.05) is 0 Å². The fourth-order valence-corrected chi connectivity index (χ4v) is 1.58. The molecule has 1 aromatic carbocycles. The van der Waals surface area contributed by atoms with E-state index in [0.29, 0.717) is 0 Å². The van der Waals surface area contributed by atoms with Gasteiger partial charge in [0, 0.05) is 17.9 Å². The van der Waals surface area contributed by atoms with Gasteiger partial charge in [0.15, 0.2) is 0 Å². The van der Waals surface area contributed by atoms with Crippen LogP contribution in [-0.2, 0) is 14.0 Å². The number of nitrogens with one attached hydrogen (secondary N) is 1. The number of hydrogen-bond donors (Lipinski definition) is 1. The molecule has 0 saturated heterocycles. The van der Waals surface area contributed by atoms with E-state index in [-0.39, 0.29) is 22.6 Å². The van der Waals surface area contributed by atoms with Gasteiger partial charge >= 0.3 is 6.36 Å². The third kappa shape index (κ3) is 5.42. The SMILES string of the molecule is CC(=O)Nc1ccc(SOOC(F)(F)F)cc1[N+](=O)[O-]. The highest BCUT2D eigenvalue weighted by Gasteiger charge is 2.31. The average Bonchev–Trinajstić information content (AvgIpc) is 2.28. The quantitative estimate of drug-likeness (QED) is 0.389. The zero-order chi connectivity index (χ0) is 15.3. The Morgan fingerprint density at radius 1 is 1.45 bits per heavy atom. The van der Waals surface area contributed by atoms with Crippen molar-refractivity contribution in [2.45, 2.75) is 18.2 Å². The van der Waals surface area contributed by atoms with Crippen LogP contribution >= 0.6 is 12.0 Å². The van der Waals surface area contributed by atoms with Crippen LogP contribution in [0.3, 0.4) is 0 Å². The number of alkyl halides is 3. The molecule has 0 spiro atoms. The number of amides is 1. The number of anilines is 1. The number of benzene rings is 1. The fraction of sp³-hybridized carbons (Fsp3) is 0.222. The number of rotatable bonds is 5. The lowest BCUT2D eigenvalue weighted by Crippen LogP contribution is -2.11. The van der Waals surface area contributed by atoms with Gasteiger partial charge in [0.2, 0.25) is 5.91 Å². The Labute approximate surface area is 114 Å². The highest BCUT2D eigenvalue weighted by atomic mass is 32.2. The molecule has 0 aliphatic carbocycles. The van der Waals surface area contributed by atoms with Crippen molar-refractivity contribution in [1.29, 1.82) is 0 Å². The van der Waals surface area contributed by atoms with Crippen molar-refractivity contribution < 1.29 is 32.1 Å². The Hall–Kier alpha value is -1.85. The maximum absolute atomic E-state index is 11.7. The van der Waals surface area contributed by atoms with Gasteiger partial charge in [0.1, 0.15) is 5.69 Å². The van der Waals surface area contributed by atoms with Crippen LogP contribution in [0, 0.1) is 10.1 Å². The lowest BCUT2D eigenvalue weighted by atomic mass is 10.2. The molecule has 0 bridgehead atoms. The van der Waals surface area contributed by atoms with Gasteiger partial charge in [-0.2, -0.15) is 4.33 Å². The third-order valence-electron chi connectivity index (χ3n) is 1.74. The summed E-state index contributed by atoms with van der Waals surface area (Å²) in [5, 5.41) is 13.0. The maximum atomic E-state index is 11.7. The highest BCUT2D eigenvalue weighted by molar-refractivity contribution is 7.94. The van der Waals surface area contributed by atoms with E-state index < -0.39 is 22.9 Å². The Morgan fingerprint density at radius 3 is 2.60 bits per heavy atom. The van der Waals surface area contributed by atoms with E-state index in [4.69, 9.17) is 0 Å². The second-order valence-electron chi connectivity index (χ2n) is 3.30. The molecule has 1 aromatic rings. The van der Waals surface area contributed by atoms with Crippen molar-refractivity contribution in [3.63, 3.8) is 0 Å². The summed E-state index contributed by atoms with van der Waals surface area (Å²) in [4.78, 5) is 23.9. The Bertz CT molecular complexity index is 523. The minimum Gasteiger partial charge on any atom is -0.321 e. The van der Waals surface area contributed by atoms with E-state index >= 15 is 0 Å². The van der Waals surface area contributed by atoms with Crippen LogP contribution in [0.25, 0.3) is 0 Å². The van der Waals surface area contributed by atoms with Crippen LogP contribution in [-0.4, -0.2) is 17.2 Å². The van der Waals surface area contributed by atoms with Crippen molar-refractivity contribution in [2.75, 3.05) is 5.32 Å². The molecule has 0 saturated carbocycles. The summed E-state index contributed by atoms with van der Waals surface area (Å²) in [6, 6.07) is 3.33. The number of nitro benzene ring substituents is 1. The monoisotopic (exact) mass is 312 g/mol. The van der Waals surface area contributed by atoms with E-state index in [2.05, 4.69) is 14.5 Å². The molecule has 0 atom stereocenters. The van der Waals surface area contributed by atoms with Gasteiger partial charge in [-0.3, -0.25) is 14.9 Å². The topological polar surface area (TPSA) is 90.7 Å². The molecule has 7 nitrogen and oxygen atoms in total. The smallest absolute Gasteiger partial charge is 0.321 e. The minimum absolute atomic E-state index is 0.00458. The van der Waals surface area contributed by atoms with Crippen LogP contribution < -0.4 is 5.32 Å². The van der Waals surface area contributed by atoms with Crippen molar-refractivity contribution in [1.82, 2.24) is 0 Å². The van der Waals surface area contributed by atoms with Crippen LogP contribution in [0.1, 0.15) is 6.92 Å². The van der Waals surface area contributed by atoms with Crippen molar-refractivity contribution in [2.24, 2.45) is 0 Å². The van der Waals surface area contributed by atoms with E-state index in [1.54, 1.807) is 0 Å². The summed E-state index contributed by atoms with van der Waals surface area (Å²) in [5.74, 6) is -0.523. The first-order valence-corrected chi connectivity index (χ1v) is 5.58. The van der Waals surface area contributed by atoms with Crippen LogP contribution in [0.4, 0.5) is 24.5 Å². The van der Waals surface area contributed by atoms with Gasteiger partial charge in [-0.15, -0.1) is 18.1 Å². The number of carbonyl (C=O) groups is 1. The molecule has 0 fully saturated rings. The van der Waals surface area contributed by atoms with E-state index in [1.165, 1.54) is 12.1 Å². The molecule has 0 aliphatic heterocycles. The fourth-order valence-electron chi connectivity index (χ4n) is 1.10. The van der Waals surface area contributed by atoms with Crippen molar-refractivity contribution in [3.8, 4) is 0 Å². The Morgan fingerprint density at radius 2 is 2.10 bits per heavy atom. The molecule has 0 radical (unpaired) electrons. The number of hydrogen-bond acceptors (Lipinski definition) is 6. The largest absolute Gasteiger partial charge is 0.550 e. The molecule has 0 aromatic heterocycles. The van der Waals surface area contributed by atoms with Gasteiger partial charge < -0.3 is 5.32 Å². The number of carbonyl (C=O) groups excluding carboxylic acids is 1. The summed E-state index contributed by atoms with van der Waals surface area (Å²) < 4.78 is 38.8. The lowest BCUT2D eigenvalue weighted by molar-refractivity contribution is -0.440. The average molecular weight is 312 g/mol. The lowest BCUT2D eigenvalue weighted by Gasteiger charge is -2.07. The molecule has 1 N–H and O–H groups in total. The van der Waals surface area contributed by atoms with Gasteiger partial charge in [-0.25, -0.2) is 0 Å². The van der Waals surface area contributed by atoms with Crippen LogP contribution in [0.5, 0.6) is 0 Å². The van der Waals surface area contributed by atoms with Crippen molar-refractivity contribution in [3.05, 3.63) is 28.3 Å². The number of nitro groups is 1. The predicted octanol–water partition coefficient (Wildman–Crippen LogP) is 3.03. The first-order chi connectivity index (χ1) is 9.19. The summed E-state index contributed by atoms with van der Waals surface area (Å²) >= 11 is 0.147. The van der Waals surface area contributed by atoms with Crippen LogP contribution in [0.15, 0.2) is 23.1 Å². The molecular weight excluding hydrogens is 305 g/mol. The summed E-state index contributed by atoms with van der Waals surface area (Å²) in [6.07, 6.45) is -4.98. The molecule has 1 amide bonds. The maximum Gasteiger partial charge on any atom is 0.550 e. The molecule has 110 valence electrons. The minimum atomic E-state index is -4.98. The number of halogens is 3.